The van der Waals surface area contributed by atoms with E-state index in [2.05, 4.69) is 6.58 Å². The minimum absolute atomic E-state index is 0.0907. The van der Waals surface area contributed by atoms with Crippen LogP contribution in [0.4, 0.5) is 8.78 Å². The van der Waals surface area contributed by atoms with E-state index in [1.54, 1.807) is 11.9 Å². The highest BCUT2D eigenvalue weighted by atomic mass is 19.1. The quantitative estimate of drug-likeness (QED) is 0.632. The van der Waals surface area contributed by atoms with Crippen molar-refractivity contribution in [3.05, 3.63) is 89.2 Å². The lowest BCUT2D eigenvalue weighted by atomic mass is 9.92. The fraction of sp³-hybridized carbons (Fsp3) is 0.217. The topological polar surface area (TPSA) is 12.5 Å². The molecule has 0 saturated heterocycles. The molecule has 142 valence electrons. The third kappa shape index (κ3) is 3.95. The fourth-order valence-corrected chi connectivity index (χ4v) is 2.98. The summed E-state index contributed by atoms with van der Waals surface area (Å²) in [6, 6.07) is 11.9. The van der Waals surface area contributed by atoms with Crippen molar-refractivity contribution in [2.45, 2.75) is 20.8 Å². The largest absolute Gasteiger partial charge is 0.497 e. The summed E-state index contributed by atoms with van der Waals surface area (Å²) in [6.07, 6.45) is 1.91. The number of hydrogen-bond donors (Lipinski definition) is 0. The van der Waals surface area contributed by atoms with Crippen molar-refractivity contribution in [2.24, 2.45) is 0 Å². The third-order valence-corrected chi connectivity index (χ3v) is 4.38. The molecule has 0 aliphatic carbocycles. The summed E-state index contributed by atoms with van der Waals surface area (Å²) >= 11 is 0. The van der Waals surface area contributed by atoms with Crippen molar-refractivity contribution in [3.8, 4) is 5.75 Å². The molecule has 0 amide bonds. The number of hydrogen-bond acceptors (Lipinski definition) is 2. The minimum Gasteiger partial charge on any atom is -0.497 e. The van der Waals surface area contributed by atoms with Crippen LogP contribution < -0.4 is 4.74 Å². The first-order chi connectivity index (χ1) is 12.9. The van der Waals surface area contributed by atoms with Gasteiger partial charge in [0.05, 0.1) is 18.4 Å². The van der Waals surface area contributed by atoms with E-state index < -0.39 is 11.6 Å². The van der Waals surface area contributed by atoms with Gasteiger partial charge in [-0.1, -0.05) is 50.8 Å². The third-order valence-electron chi connectivity index (χ3n) is 4.38. The van der Waals surface area contributed by atoms with Crippen LogP contribution in [0, 0.1) is 11.6 Å². The van der Waals surface area contributed by atoms with Crippen molar-refractivity contribution in [3.63, 3.8) is 0 Å². The van der Waals surface area contributed by atoms with E-state index in [9.17, 15) is 8.78 Å². The maximum atomic E-state index is 14.7. The van der Waals surface area contributed by atoms with Crippen LogP contribution >= 0.6 is 0 Å². The molecule has 0 saturated carbocycles. The zero-order valence-electron chi connectivity index (χ0n) is 16.4. The Morgan fingerprint density at radius 1 is 1.00 bits per heavy atom. The minimum atomic E-state index is -0.673. The molecule has 2 aromatic rings. The molecule has 1 heterocycles. The van der Waals surface area contributed by atoms with Crippen LogP contribution in [0.2, 0.25) is 0 Å². The molecule has 0 radical (unpaired) electrons. The van der Waals surface area contributed by atoms with Crippen LogP contribution in [0.1, 0.15) is 31.9 Å². The molecule has 2 aromatic carbocycles. The molecule has 2 nitrogen and oxygen atoms in total. The number of halogens is 2. The highest BCUT2D eigenvalue weighted by Gasteiger charge is 2.27. The predicted octanol–water partition coefficient (Wildman–Crippen LogP) is 6.27. The summed E-state index contributed by atoms with van der Waals surface area (Å²) in [7, 11) is 3.14. The van der Waals surface area contributed by atoms with Gasteiger partial charge in [0.15, 0.2) is 0 Å². The van der Waals surface area contributed by atoms with Gasteiger partial charge in [0.1, 0.15) is 17.4 Å². The normalized spacial score (nSPS) is 13.8. The first kappa shape index (κ1) is 20.4. The van der Waals surface area contributed by atoms with Crippen LogP contribution in [-0.4, -0.2) is 19.1 Å². The summed E-state index contributed by atoms with van der Waals surface area (Å²) in [4.78, 5) is 1.73. The number of rotatable bonds is 3. The van der Waals surface area contributed by atoms with Crippen molar-refractivity contribution in [2.75, 3.05) is 14.2 Å². The average Bonchev–Trinajstić information content (AvgIpc) is 2.69. The smallest absolute Gasteiger partial charge is 0.139 e. The molecule has 0 spiro atoms. The molecule has 0 fully saturated rings. The number of methoxy groups -OCH3 is 1. The summed E-state index contributed by atoms with van der Waals surface area (Å²) in [5.41, 5.74) is 3.62. The molecule has 3 rings (SSSR count). The van der Waals surface area contributed by atoms with Crippen molar-refractivity contribution >= 4 is 11.3 Å². The zero-order chi connectivity index (χ0) is 20.1. The van der Waals surface area contributed by atoms with Gasteiger partial charge in [0.2, 0.25) is 0 Å². The molecule has 0 N–H and O–H groups in total. The molecule has 1 aliphatic rings. The maximum absolute atomic E-state index is 14.7. The lowest BCUT2D eigenvalue weighted by Crippen LogP contribution is -2.22. The second-order valence-corrected chi connectivity index (χ2v) is 5.93. The second kappa shape index (κ2) is 8.67. The highest BCUT2D eigenvalue weighted by molar-refractivity contribution is 5.97. The Morgan fingerprint density at radius 3 is 2.07 bits per heavy atom. The zero-order valence-corrected chi connectivity index (χ0v) is 16.4. The highest BCUT2D eigenvalue weighted by Crippen LogP contribution is 2.40. The maximum Gasteiger partial charge on any atom is 0.139 e. The van der Waals surface area contributed by atoms with Gasteiger partial charge in [0, 0.05) is 30.5 Å². The molecule has 0 unspecified atom stereocenters. The molecular weight excluding hydrogens is 344 g/mol. The van der Waals surface area contributed by atoms with Crippen LogP contribution in [0.25, 0.3) is 11.3 Å². The molecule has 0 aromatic heterocycles. The van der Waals surface area contributed by atoms with E-state index >= 15 is 0 Å². The Kier molecular flexibility index (Phi) is 6.56. The summed E-state index contributed by atoms with van der Waals surface area (Å²) in [5.74, 6) is -1.20. The van der Waals surface area contributed by atoms with E-state index in [-0.39, 0.29) is 11.3 Å². The van der Waals surface area contributed by atoms with Crippen molar-refractivity contribution in [1.29, 1.82) is 0 Å². The molecule has 27 heavy (non-hydrogen) atoms. The van der Waals surface area contributed by atoms with Crippen LogP contribution in [-0.2, 0) is 0 Å². The van der Waals surface area contributed by atoms with E-state index in [0.29, 0.717) is 11.4 Å². The fourth-order valence-electron chi connectivity index (χ4n) is 2.98. The standard InChI is InChI=1S/C21H19F2NO.C2H6/c1-13-10-17(15-8-6-5-7-9-15)21(24(3)14(13)2)20-18(22)11-16(25-4)12-19(20)23;1-2/h5-12H,2H2,1,3-4H3;1-2H3. The van der Waals surface area contributed by atoms with Crippen molar-refractivity contribution in [1.82, 2.24) is 4.90 Å². The van der Waals surface area contributed by atoms with Gasteiger partial charge in [-0.3, -0.25) is 0 Å². The Labute approximate surface area is 160 Å². The van der Waals surface area contributed by atoms with E-state index in [1.807, 2.05) is 57.2 Å². The van der Waals surface area contributed by atoms with Crippen LogP contribution in [0.3, 0.4) is 0 Å². The number of allylic oxidation sites excluding steroid dienone is 3. The van der Waals surface area contributed by atoms with E-state index in [4.69, 9.17) is 4.74 Å². The van der Waals surface area contributed by atoms with Gasteiger partial charge in [0.25, 0.3) is 0 Å². The molecular formula is C23H25F2NO. The van der Waals surface area contributed by atoms with Crippen LogP contribution in [0.5, 0.6) is 5.75 Å². The molecule has 0 atom stereocenters. The van der Waals surface area contributed by atoms with Gasteiger partial charge in [-0.25, -0.2) is 8.78 Å². The number of ether oxygens (including phenoxy) is 1. The number of likely N-dealkylation sites (N-methyl/N-ethyl adjacent to an activating group) is 1. The Morgan fingerprint density at radius 2 is 1.56 bits per heavy atom. The van der Waals surface area contributed by atoms with Crippen molar-refractivity contribution < 1.29 is 13.5 Å². The van der Waals surface area contributed by atoms with Gasteiger partial charge in [-0.05, 0) is 24.1 Å². The van der Waals surface area contributed by atoms with Gasteiger partial charge >= 0.3 is 0 Å². The molecule has 1 aliphatic heterocycles. The molecule has 4 heteroatoms. The SMILES string of the molecule is C=C1C(C)=CC(c2ccccc2)=C(c2c(F)cc(OC)cc2F)N1C.CC. The predicted molar refractivity (Wildman–Crippen MR) is 108 cm³/mol. The lowest BCUT2D eigenvalue weighted by molar-refractivity contribution is 0.406. The van der Waals surface area contributed by atoms with E-state index in [0.717, 1.165) is 16.7 Å². The van der Waals surface area contributed by atoms with Gasteiger partial charge in [-0.15, -0.1) is 0 Å². The molecule has 0 bridgehead atoms. The van der Waals surface area contributed by atoms with E-state index in [1.165, 1.54) is 19.2 Å². The van der Waals surface area contributed by atoms with Gasteiger partial charge < -0.3 is 9.64 Å². The van der Waals surface area contributed by atoms with Gasteiger partial charge in [-0.2, -0.15) is 0 Å². The average molecular weight is 369 g/mol. The second-order valence-electron chi connectivity index (χ2n) is 5.93. The monoisotopic (exact) mass is 369 g/mol. The Bertz CT molecular complexity index is 875. The Balaban J connectivity index is 0.00000126. The summed E-state index contributed by atoms with van der Waals surface area (Å²) in [6.45, 7) is 9.96. The Hall–Kier alpha value is -2.88. The lowest BCUT2D eigenvalue weighted by Gasteiger charge is -2.32. The number of benzene rings is 2. The van der Waals surface area contributed by atoms with Crippen LogP contribution in [0.15, 0.2) is 66.4 Å². The number of nitrogens with zero attached hydrogens (tertiary/aromatic N) is 1. The summed E-state index contributed by atoms with van der Waals surface area (Å²) in [5, 5.41) is 0. The first-order valence-electron chi connectivity index (χ1n) is 8.88. The summed E-state index contributed by atoms with van der Waals surface area (Å²) < 4.78 is 34.4. The first-order valence-corrected chi connectivity index (χ1v) is 8.88.